The summed E-state index contributed by atoms with van der Waals surface area (Å²) in [5.74, 6) is -0.171. The number of carbonyl (C=O) groups excluding carboxylic acids is 1. The molecule has 3 aromatic rings. The topological polar surface area (TPSA) is 68.3 Å². The van der Waals surface area contributed by atoms with Gasteiger partial charge in [-0.05, 0) is 24.6 Å². The number of hydrogen-bond donors (Lipinski definition) is 2. The fourth-order valence-corrected chi connectivity index (χ4v) is 2.41. The third-order valence-electron chi connectivity index (χ3n) is 3.54. The van der Waals surface area contributed by atoms with Crippen LogP contribution in [0.2, 0.25) is 0 Å². The Hall–Kier alpha value is -2.75. The van der Waals surface area contributed by atoms with E-state index >= 15 is 0 Å². The summed E-state index contributed by atoms with van der Waals surface area (Å²) in [6.45, 7) is 1.91. The van der Waals surface area contributed by atoms with Gasteiger partial charge in [0, 0.05) is 11.1 Å². The second-order valence-electron chi connectivity index (χ2n) is 4.97. The van der Waals surface area contributed by atoms with E-state index in [4.69, 9.17) is 10.2 Å². The Kier molecular flexibility index (Phi) is 3.36. The number of nitrogen functional groups attached to an aromatic ring is 1. The maximum atomic E-state index is 12.4. The van der Waals surface area contributed by atoms with Gasteiger partial charge in [0.05, 0.1) is 11.6 Å². The van der Waals surface area contributed by atoms with Crippen LogP contribution in [0.5, 0.6) is 0 Å². The SMILES string of the molecule is CC(NC(=O)c1coc2ccccc12)c1ccccc1N. The van der Waals surface area contributed by atoms with Crippen LogP contribution in [0.4, 0.5) is 5.69 Å². The zero-order chi connectivity index (χ0) is 14.8. The van der Waals surface area contributed by atoms with E-state index in [1.54, 1.807) is 0 Å². The van der Waals surface area contributed by atoms with Gasteiger partial charge in [-0.1, -0.05) is 36.4 Å². The van der Waals surface area contributed by atoms with Gasteiger partial charge in [0.15, 0.2) is 0 Å². The van der Waals surface area contributed by atoms with Crippen LogP contribution in [-0.4, -0.2) is 5.91 Å². The molecule has 3 N–H and O–H groups in total. The monoisotopic (exact) mass is 280 g/mol. The quantitative estimate of drug-likeness (QED) is 0.721. The first-order valence-corrected chi connectivity index (χ1v) is 6.78. The van der Waals surface area contributed by atoms with Gasteiger partial charge in [0.25, 0.3) is 5.91 Å². The lowest BCUT2D eigenvalue weighted by atomic mass is 10.1. The number of fused-ring (bicyclic) bond motifs is 1. The van der Waals surface area contributed by atoms with Gasteiger partial charge in [0.1, 0.15) is 11.8 Å². The van der Waals surface area contributed by atoms with Crippen molar-refractivity contribution in [2.24, 2.45) is 0 Å². The Bertz CT molecular complexity index is 792. The molecule has 1 atom stereocenters. The van der Waals surface area contributed by atoms with Crippen molar-refractivity contribution in [2.45, 2.75) is 13.0 Å². The smallest absolute Gasteiger partial charge is 0.255 e. The van der Waals surface area contributed by atoms with Gasteiger partial charge < -0.3 is 15.5 Å². The van der Waals surface area contributed by atoms with Crippen molar-refractivity contribution < 1.29 is 9.21 Å². The summed E-state index contributed by atoms with van der Waals surface area (Å²) >= 11 is 0. The molecule has 0 fully saturated rings. The molecule has 0 bridgehead atoms. The highest BCUT2D eigenvalue weighted by Gasteiger charge is 2.17. The standard InChI is InChI=1S/C17H16N2O2/c1-11(12-6-2-4-8-15(12)18)19-17(20)14-10-21-16-9-5-3-7-13(14)16/h2-11H,18H2,1H3,(H,19,20). The number of benzene rings is 2. The summed E-state index contributed by atoms with van der Waals surface area (Å²) < 4.78 is 5.40. The number of carbonyl (C=O) groups is 1. The molecule has 1 aromatic heterocycles. The van der Waals surface area contributed by atoms with Crippen molar-refractivity contribution in [1.82, 2.24) is 5.32 Å². The van der Waals surface area contributed by atoms with E-state index < -0.39 is 0 Å². The van der Waals surface area contributed by atoms with E-state index in [1.807, 2.05) is 55.5 Å². The summed E-state index contributed by atoms with van der Waals surface area (Å²) in [6.07, 6.45) is 1.49. The second kappa shape index (κ2) is 5.32. The van der Waals surface area contributed by atoms with Crippen LogP contribution in [0.25, 0.3) is 11.0 Å². The zero-order valence-electron chi connectivity index (χ0n) is 11.7. The Labute approximate surface area is 122 Å². The minimum atomic E-state index is -0.174. The van der Waals surface area contributed by atoms with Crippen molar-refractivity contribution in [2.75, 3.05) is 5.73 Å². The van der Waals surface area contributed by atoms with E-state index in [0.717, 1.165) is 10.9 Å². The van der Waals surface area contributed by atoms with Crippen molar-refractivity contribution in [3.8, 4) is 0 Å². The Morgan fingerprint density at radius 2 is 1.86 bits per heavy atom. The number of nitrogens with one attached hydrogen (secondary N) is 1. The van der Waals surface area contributed by atoms with E-state index in [0.29, 0.717) is 16.8 Å². The molecule has 0 saturated carbocycles. The highest BCUT2D eigenvalue weighted by Crippen LogP contribution is 2.23. The average Bonchev–Trinajstić information content (AvgIpc) is 2.91. The first kappa shape index (κ1) is 13.2. The molecule has 1 amide bonds. The molecule has 2 aromatic carbocycles. The van der Waals surface area contributed by atoms with Crippen LogP contribution in [-0.2, 0) is 0 Å². The molecule has 0 spiro atoms. The maximum Gasteiger partial charge on any atom is 0.255 e. The predicted molar refractivity (Wildman–Crippen MR) is 82.9 cm³/mol. The highest BCUT2D eigenvalue weighted by molar-refractivity contribution is 6.06. The lowest BCUT2D eigenvalue weighted by Crippen LogP contribution is -2.26. The molecule has 4 nitrogen and oxygen atoms in total. The number of amides is 1. The Morgan fingerprint density at radius 3 is 2.67 bits per heavy atom. The molecule has 4 heteroatoms. The first-order valence-electron chi connectivity index (χ1n) is 6.78. The number of nitrogens with two attached hydrogens (primary N) is 1. The number of para-hydroxylation sites is 2. The van der Waals surface area contributed by atoms with Gasteiger partial charge in [-0.15, -0.1) is 0 Å². The molecule has 21 heavy (non-hydrogen) atoms. The molecule has 1 unspecified atom stereocenters. The molecular formula is C17H16N2O2. The molecular weight excluding hydrogens is 264 g/mol. The molecule has 106 valence electrons. The van der Waals surface area contributed by atoms with Crippen molar-refractivity contribution >= 4 is 22.6 Å². The maximum absolute atomic E-state index is 12.4. The van der Waals surface area contributed by atoms with Crippen molar-refractivity contribution in [3.63, 3.8) is 0 Å². The summed E-state index contributed by atoms with van der Waals surface area (Å²) in [6, 6.07) is 14.8. The molecule has 3 rings (SSSR count). The fourth-order valence-electron chi connectivity index (χ4n) is 2.41. The minimum absolute atomic E-state index is 0.171. The zero-order valence-corrected chi connectivity index (χ0v) is 11.7. The molecule has 0 aliphatic heterocycles. The normalized spacial score (nSPS) is 12.2. The number of hydrogen-bond acceptors (Lipinski definition) is 3. The highest BCUT2D eigenvalue weighted by atomic mass is 16.3. The summed E-state index contributed by atoms with van der Waals surface area (Å²) in [5.41, 5.74) is 8.74. The minimum Gasteiger partial charge on any atom is -0.463 e. The van der Waals surface area contributed by atoms with E-state index in [1.165, 1.54) is 6.26 Å². The molecule has 1 heterocycles. The Balaban J connectivity index is 1.85. The van der Waals surface area contributed by atoms with Gasteiger partial charge in [-0.25, -0.2) is 0 Å². The van der Waals surface area contributed by atoms with Gasteiger partial charge >= 0.3 is 0 Å². The van der Waals surface area contributed by atoms with Crippen LogP contribution in [0.15, 0.2) is 59.2 Å². The predicted octanol–water partition coefficient (Wildman–Crippen LogP) is 3.51. The fraction of sp³-hybridized carbons (Fsp3) is 0.118. The molecule has 0 radical (unpaired) electrons. The third kappa shape index (κ3) is 2.48. The number of furan rings is 1. The van der Waals surface area contributed by atoms with Gasteiger partial charge in [0.2, 0.25) is 0 Å². The third-order valence-corrected chi connectivity index (χ3v) is 3.54. The molecule has 0 saturated heterocycles. The lowest BCUT2D eigenvalue weighted by Gasteiger charge is -2.15. The largest absolute Gasteiger partial charge is 0.463 e. The summed E-state index contributed by atoms with van der Waals surface area (Å²) in [5, 5.41) is 3.76. The van der Waals surface area contributed by atoms with Crippen LogP contribution >= 0.6 is 0 Å². The number of rotatable bonds is 3. The summed E-state index contributed by atoms with van der Waals surface area (Å²) in [4.78, 5) is 12.4. The van der Waals surface area contributed by atoms with Gasteiger partial charge in [-0.2, -0.15) is 0 Å². The van der Waals surface area contributed by atoms with Crippen LogP contribution in [0.3, 0.4) is 0 Å². The van der Waals surface area contributed by atoms with E-state index in [2.05, 4.69) is 5.32 Å². The average molecular weight is 280 g/mol. The number of anilines is 1. The van der Waals surface area contributed by atoms with Crippen LogP contribution in [0, 0.1) is 0 Å². The first-order chi connectivity index (χ1) is 10.2. The Morgan fingerprint density at radius 1 is 1.14 bits per heavy atom. The summed E-state index contributed by atoms with van der Waals surface area (Å²) in [7, 11) is 0. The van der Waals surface area contributed by atoms with Gasteiger partial charge in [-0.3, -0.25) is 4.79 Å². The van der Waals surface area contributed by atoms with Crippen molar-refractivity contribution in [1.29, 1.82) is 0 Å². The van der Waals surface area contributed by atoms with E-state index in [-0.39, 0.29) is 11.9 Å². The van der Waals surface area contributed by atoms with Crippen LogP contribution < -0.4 is 11.1 Å². The molecule has 0 aliphatic carbocycles. The second-order valence-corrected chi connectivity index (χ2v) is 4.97. The lowest BCUT2D eigenvalue weighted by molar-refractivity contribution is 0.0941. The van der Waals surface area contributed by atoms with Crippen LogP contribution in [0.1, 0.15) is 28.9 Å². The van der Waals surface area contributed by atoms with Crippen molar-refractivity contribution in [3.05, 3.63) is 65.9 Å². The molecule has 0 aliphatic rings. The van der Waals surface area contributed by atoms with E-state index in [9.17, 15) is 4.79 Å².